The Morgan fingerprint density at radius 1 is 1.20 bits per heavy atom. The molecule has 0 bridgehead atoms. The van der Waals surface area contributed by atoms with Crippen LogP contribution in [-0.2, 0) is 11.2 Å². The van der Waals surface area contributed by atoms with E-state index in [-0.39, 0.29) is 24.2 Å². The molecule has 0 heterocycles. The summed E-state index contributed by atoms with van der Waals surface area (Å²) >= 11 is 0. The maximum absolute atomic E-state index is 12.4. The fourth-order valence-electron chi connectivity index (χ4n) is 2.53. The van der Waals surface area contributed by atoms with Gasteiger partial charge < -0.3 is 10.1 Å². The molecule has 2 aromatic carbocycles. The molecular weight excluding hydrogens is 316 g/mol. The van der Waals surface area contributed by atoms with Crippen molar-refractivity contribution in [2.75, 3.05) is 7.11 Å². The third-order valence-electron chi connectivity index (χ3n) is 3.96. The molecule has 128 valence electrons. The van der Waals surface area contributed by atoms with E-state index in [0.717, 1.165) is 5.56 Å². The van der Waals surface area contributed by atoms with E-state index in [2.05, 4.69) is 11.4 Å². The maximum Gasteiger partial charge on any atom is 0.225 e. The van der Waals surface area contributed by atoms with Crippen LogP contribution in [0.15, 0.2) is 42.5 Å². The van der Waals surface area contributed by atoms with Crippen molar-refractivity contribution >= 4 is 11.7 Å². The average Bonchev–Trinajstić information content (AvgIpc) is 2.61. The van der Waals surface area contributed by atoms with Gasteiger partial charge in [0.15, 0.2) is 5.78 Å². The molecule has 2 rings (SSSR count). The van der Waals surface area contributed by atoms with Crippen LogP contribution in [0.2, 0.25) is 0 Å². The highest BCUT2D eigenvalue weighted by atomic mass is 16.5. The fraction of sp³-hybridized carbons (Fsp3) is 0.250. The molecule has 0 aliphatic carbocycles. The summed E-state index contributed by atoms with van der Waals surface area (Å²) in [6, 6.07) is 14.0. The zero-order valence-electron chi connectivity index (χ0n) is 14.5. The van der Waals surface area contributed by atoms with Crippen molar-refractivity contribution in [1.82, 2.24) is 5.32 Å². The van der Waals surface area contributed by atoms with Crippen molar-refractivity contribution in [3.05, 3.63) is 64.7 Å². The van der Waals surface area contributed by atoms with Gasteiger partial charge in [0, 0.05) is 11.1 Å². The summed E-state index contributed by atoms with van der Waals surface area (Å²) in [7, 11) is 1.53. The van der Waals surface area contributed by atoms with E-state index in [1.54, 1.807) is 30.3 Å². The van der Waals surface area contributed by atoms with E-state index in [4.69, 9.17) is 10.00 Å². The highest BCUT2D eigenvalue weighted by Crippen LogP contribution is 2.21. The summed E-state index contributed by atoms with van der Waals surface area (Å²) in [6.07, 6.45) is 0.116. The van der Waals surface area contributed by atoms with Crippen molar-refractivity contribution < 1.29 is 14.3 Å². The lowest BCUT2D eigenvalue weighted by molar-refractivity contribution is -0.121. The standard InChI is InChI=1S/C20H20N2O3/c1-13(16-6-4-15(12-21)5-7-16)22-20(24)11-18-10-17(14(2)23)8-9-19(18)25-3/h4-10,13H,11H2,1-3H3,(H,22,24). The Morgan fingerprint density at radius 2 is 1.88 bits per heavy atom. The van der Waals surface area contributed by atoms with Crippen LogP contribution in [0.1, 0.15) is 46.9 Å². The number of carbonyl (C=O) groups excluding carboxylic acids is 2. The predicted octanol–water partition coefficient (Wildman–Crippen LogP) is 3.19. The Kier molecular flexibility index (Phi) is 5.91. The zero-order valence-corrected chi connectivity index (χ0v) is 14.5. The van der Waals surface area contributed by atoms with Crippen LogP contribution in [0.5, 0.6) is 5.75 Å². The minimum absolute atomic E-state index is 0.0599. The van der Waals surface area contributed by atoms with E-state index in [9.17, 15) is 9.59 Å². The van der Waals surface area contributed by atoms with Crippen LogP contribution < -0.4 is 10.1 Å². The van der Waals surface area contributed by atoms with Crippen molar-refractivity contribution in [3.63, 3.8) is 0 Å². The number of nitrogens with one attached hydrogen (secondary N) is 1. The van der Waals surface area contributed by atoms with E-state index >= 15 is 0 Å². The molecule has 0 saturated carbocycles. The van der Waals surface area contributed by atoms with E-state index in [1.807, 2.05) is 19.1 Å². The summed E-state index contributed by atoms with van der Waals surface area (Å²) in [5, 5.41) is 11.8. The van der Waals surface area contributed by atoms with Gasteiger partial charge in [-0.2, -0.15) is 5.26 Å². The molecule has 25 heavy (non-hydrogen) atoms. The zero-order chi connectivity index (χ0) is 18.4. The van der Waals surface area contributed by atoms with Crippen LogP contribution >= 0.6 is 0 Å². The van der Waals surface area contributed by atoms with Gasteiger partial charge in [-0.05, 0) is 49.7 Å². The normalized spacial score (nSPS) is 11.3. The highest BCUT2D eigenvalue weighted by Gasteiger charge is 2.14. The van der Waals surface area contributed by atoms with Crippen molar-refractivity contribution in [2.45, 2.75) is 26.3 Å². The molecule has 1 atom stereocenters. The number of carbonyl (C=O) groups is 2. The number of amides is 1. The van der Waals surface area contributed by atoms with Crippen LogP contribution in [0.3, 0.4) is 0 Å². The lowest BCUT2D eigenvalue weighted by atomic mass is 10.0. The molecule has 2 aromatic rings. The van der Waals surface area contributed by atoms with E-state index < -0.39 is 0 Å². The summed E-state index contributed by atoms with van der Waals surface area (Å²) in [5.41, 5.74) is 2.70. The topological polar surface area (TPSA) is 79.2 Å². The average molecular weight is 336 g/mol. The molecule has 0 fully saturated rings. The lowest BCUT2D eigenvalue weighted by Gasteiger charge is -2.15. The quantitative estimate of drug-likeness (QED) is 0.822. The number of rotatable bonds is 6. The Bertz CT molecular complexity index is 820. The first-order valence-corrected chi connectivity index (χ1v) is 7.92. The lowest BCUT2D eigenvalue weighted by Crippen LogP contribution is -2.28. The van der Waals surface area contributed by atoms with Gasteiger partial charge in [-0.25, -0.2) is 0 Å². The van der Waals surface area contributed by atoms with Crippen molar-refractivity contribution in [2.24, 2.45) is 0 Å². The van der Waals surface area contributed by atoms with Gasteiger partial charge in [-0.15, -0.1) is 0 Å². The van der Waals surface area contributed by atoms with Crippen molar-refractivity contribution in [3.8, 4) is 11.8 Å². The van der Waals surface area contributed by atoms with Gasteiger partial charge >= 0.3 is 0 Å². The Balaban J connectivity index is 2.09. The Hall–Kier alpha value is -3.13. The molecular formula is C20H20N2O3. The van der Waals surface area contributed by atoms with E-state index in [1.165, 1.54) is 14.0 Å². The largest absolute Gasteiger partial charge is 0.496 e. The molecule has 5 heteroatoms. The number of ether oxygens (including phenoxy) is 1. The predicted molar refractivity (Wildman–Crippen MR) is 94.4 cm³/mol. The molecule has 0 aliphatic rings. The molecule has 5 nitrogen and oxygen atoms in total. The molecule has 0 spiro atoms. The van der Waals surface area contributed by atoms with Gasteiger partial charge in [0.05, 0.1) is 31.2 Å². The SMILES string of the molecule is COc1ccc(C(C)=O)cc1CC(=O)NC(C)c1ccc(C#N)cc1. The first-order valence-electron chi connectivity index (χ1n) is 7.92. The first-order chi connectivity index (χ1) is 11.9. The Morgan fingerprint density at radius 3 is 2.44 bits per heavy atom. The summed E-state index contributed by atoms with van der Waals surface area (Å²) in [6.45, 7) is 3.36. The third kappa shape index (κ3) is 4.67. The van der Waals surface area contributed by atoms with E-state index in [0.29, 0.717) is 22.4 Å². The molecule has 1 N–H and O–H groups in total. The summed E-state index contributed by atoms with van der Waals surface area (Å²) in [5.74, 6) is 0.345. The molecule has 0 saturated heterocycles. The summed E-state index contributed by atoms with van der Waals surface area (Å²) < 4.78 is 5.27. The summed E-state index contributed by atoms with van der Waals surface area (Å²) in [4.78, 5) is 23.9. The number of nitrogens with zero attached hydrogens (tertiary/aromatic N) is 1. The van der Waals surface area contributed by atoms with Crippen molar-refractivity contribution in [1.29, 1.82) is 5.26 Å². The number of methoxy groups -OCH3 is 1. The fourth-order valence-corrected chi connectivity index (χ4v) is 2.53. The van der Waals surface area contributed by atoms with Gasteiger partial charge in [0.1, 0.15) is 5.75 Å². The second-order valence-electron chi connectivity index (χ2n) is 5.78. The number of nitriles is 1. The van der Waals surface area contributed by atoms with Gasteiger partial charge in [0.25, 0.3) is 0 Å². The molecule has 1 unspecified atom stereocenters. The number of hydrogen-bond acceptors (Lipinski definition) is 4. The second kappa shape index (κ2) is 8.11. The molecule has 1 amide bonds. The second-order valence-corrected chi connectivity index (χ2v) is 5.78. The molecule has 0 aliphatic heterocycles. The first kappa shape index (κ1) is 18.2. The van der Waals surface area contributed by atoms with Crippen LogP contribution in [0.25, 0.3) is 0 Å². The minimum atomic E-state index is -0.192. The number of ketones is 1. The number of Topliss-reactive ketones (excluding diaryl/α,β-unsaturated/α-hetero) is 1. The molecule has 0 radical (unpaired) electrons. The van der Waals surface area contributed by atoms with Crippen LogP contribution in [-0.4, -0.2) is 18.8 Å². The van der Waals surface area contributed by atoms with Gasteiger partial charge in [0.2, 0.25) is 5.91 Å². The minimum Gasteiger partial charge on any atom is -0.496 e. The monoisotopic (exact) mass is 336 g/mol. The Labute approximate surface area is 147 Å². The van der Waals surface area contributed by atoms with Crippen LogP contribution in [0, 0.1) is 11.3 Å². The van der Waals surface area contributed by atoms with Gasteiger partial charge in [-0.3, -0.25) is 9.59 Å². The maximum atomic E-state index is 12.4. The highest BCUT2D eigenvalue weighted by molar-refractivity contribution is 5.94. The van der Waals surface area contributed by atoms with Crippen LogP contribution in [0.4, 0.5) is 0 Å². The number of benzene rings is 2. The third-order valence-corrected chi connectivity index (χ3v) is 3.96. The number of hydrogen-bond donors (Lipinski definition) is 1. The smallest absolute Gasteiger partial charge is 0.225 e. The molecule has 0 aromatic heterocycles. The van der Waals surface area contributed by atoms with Gasteiger partial charge in [-0.1, -0.05) is 12.1 Å².